The van der Waals surface area contributed by atoms with E-state index in [1.165, 1.54) is 17.5 Å². The Bertz CT molecular complexity index is 550. The van der Waals surface area contributed by atoms with Crippen molar-refractivity contribution in [3.63, 3.8) is 0 Å². The van der Waals surface area contributed by atoms with Crippen LogP contribution in [0.2, 0.25) is 0 Å². The minimum absolute atomic E-state index is 0.0255. The molecule has 1 aliphatic carbocycles. The molecule has 0 bridgehead atoms. The van der Waals surface area contributed by atoms with Gasteiger partial charge in [-0.2, -0.15) is 0 Å². The highest BCUT2D eigenvalue weighted by Gasteiger charge is 2.31. The number of hydrogen-bond donors (Lipinski definition) is 1. The standard InChI is InChI=1S/C18H25NO2/c1-18(2)11-16(20)8-9-19(12-18)17(21)15-7-6-13-4-3-5-14(13)10-15/h6-7,10,16,20H,3-5,8-9,11-12H2,1-2H3. The number of amides is 1. The molecular weight excluding hydrogens is 262 g/mol. The van der Waals surface area contributed by atoms with Crippen LogP contribution in [-0.4, -0.2) is 35.1 Å². The molecule has 3 rings (SSSR count). The fourth-order valence-electron chi connectivity index (χ4n) is 3.77. The number of hydrogen-bond acceptors (Lipinski definition) is 2. The third-order valence-corrected chi connectivity index (χ3v) is 4.77. The summed E-state index contributed by atoms with van der Waals surface area (Å²) in [7, 11) is 0. The topological polar surface area (TPSA) is 40.5 Å². The number of carbonyl (C=O) groups excluding carboxylic acids is 1. The molecule has 3 heteroatoms. The van der Waals surface area contributed by atoms with Crippen LogP contribution in [0.1, 0.15) is 54.6 Å². The van der Waals surface area contributed by atoms with Crippen LogP contribution >= 0.6 is 0 Å². The van der Waals surface area contributed by atoms with Gasteiger partial charge >= 0.3 is 0 Å². The van der Waals surface area contributed by atoms with Crippen LogP contribution in [-0.2, 0) is 12.8 Å². The lowest BCUT2D eigenvalue weighted by molar-refractivity contribution is 0.0705. The highest BCUT2D eigenvalue weighted by atomic mass is 16.3. The third-order valence-electron chi connectivity index (χ3n) is 4.77. The second-order valence-electron chi connectivity index (χ2n) is 7.37. The van der Waals surface area contributed by atoms with Crippen molar-refractivity contribution in [2.45, 2.75) is 52.1 Å². The number of aliphatic hydroxyl groups is 1. The number of likely N-dealkylation sites (tertiary alicyclic amines) is 1. The summed E-state index contributed by atoms with van der Waals surface area (Å²) in [6, 6.07) is 6.17. The quantitative estimate of drug-likeness (QED) is 0.863. The summed E-state index contributed by atoms with van der Waals surface area (Å²) in [6.45, 7) is 5.63. The lowest BCUT2D eigenvalue weighted by Crippen LogP contribution is -2.37. The van der Waals surface area contributed by atoms with E-state index in [9.17, 15) is 9.90 Å². The van der Waals surface area contributed by atoms with Gasteiger partial charge in [-0.25, -0.2) is 0 Å². The predicted octanol–water partition coefficient (Wildman–Crippen LogP) is 2.80. The molecule has 0 aromatic heterocycles. The van der Waals surface area contributed by atoms with Crippen LogP contribution in [0.5, 0.6) is 0 Å². The molecule has 2 aliphatic rings. The largest absolute Gasteiger partial charge is 0.393 e. The molecule has 1 aliphatic heterocycles. The van der Waals surface area contributed by atoms with E-state index in [2.05, 4.69) is 26.0 Å². The van der Waals surface area contributed by atoms with Crippen molar-refractivity contribution in [2.75, 3.05) is 13.1 Å². The van der Waals surface area contributed by atoms with E-state index >= 15 is 0 Å². The van der Waals surface area contributed by atoms with Crippen LogP contribution in [0, 0.1) is 5.41 Å². The summed E-state index contributed by atoms with van der Waals surface area (Å²) in [5.41, 5.74) is 3.53. The van der Waals surface area contributed by atoms with Crippen molar-refractivity contribution in [3.8, 4) is 0 Å². The van der Waals surface area contributed by atoms with Crippen molar-refractivity contribution in [2.24, 2.45) is 5.41 Å². The van der Waals surface area contributed by atoms with Gasteiger partial charge < -0.3 is 10.0 Å². The molecule has 1 saturated heterocycles. The van der Waals surface area contributed by atoms with E-state index in [0.29, 0.717) is 13.0 Å². The average molecular weight is 287 g/mol. The maximum absolute atomic E-state index is 12.8. The zero-order valence-corrected chi connectivity index (χ0v) is 13.1. The zero-order valence-electron chi connectivity index (χ0n) is 13.1. The van der Waals surface area contributed by atoms with Gasteiger partial charge in [0.1, 0.15) is 0 Å². The molecular formula is C18H25NO2. The Morgan fingerprint density at radius 2 is 2.05 bits per heavy atom. The number of aryl methyl sites for hydroxylation is 2. The highest BCUT2D eigenvalue weighted by molar-refractivity contribution is 5.94. The molecule has 3 nitrogen and oxygen atoms in total. The lowest BCUT2D eigenvalue weighted by Gasteiger charge is -2.30. The number of benzene rings is 1. The number of fused-ring (bicyclic) bond motifs is 1. The summed E-state index contributed by atoms with van der Waals surface area (Å²) >= 11 is 0. The molecule has 1 amide bonds. The van der Waals surface area contributed by atoms with E-state index in [4.69, 9.17) is 0 Å². The fraction of sp³-hybridized carbons (Fsp3) is 0.611. The van der Waals surface area contributed by atoms with Gasteiger partial charge in [-0.1, -0.05) is 19.9 Å². The smallest absolute Gasteiger partial charge is 0.253 e. The molecule has 114 valence electrons. The predicted molar refractivity (Wildman–Crippen MR) is 83.4 cm³/mol. The van der Waals surface area contributed by atoms with Crippen molar-refractivity contribution in [1.82, 2.24) is 4.90 Å². The van der Waals surface area contributed by atoms with Gasteiger partial charge in [0.25, 0.3) is 5.91 Å². The molecule has 1 aromatic carbocycles. The minimum Gasteiger partial charge on any atom is -0.393 e. The van der Waals surface area contributed by atoms with Crippen molar-refractivity contribution in [3.05, 3.63) is 34.9 Å². The van der Waals surface area contributed by atoms with Gasteiger partial charge in [-0.15, -0.1) is 0 Å². The summed E-state index contributed by atoms with van der Waals surface area (Å²) in [4.78, 5) is 14.7. The normalized spacial score (nSPS) is 24.5. The van der Waals surface area contributed by atoms with Crippen molar-refractivity contribution < 1.29 is 9.90 Å². The highest BCUT2D eigenvalue weighted by Crippen LogP contribution is 2.30. The van der Waals surface area contributed by atoms with Gasteiger partial charge in [0, 0.05) is 18.7 Å². The molecule has 21 heavy (non-hydrogen) atoms. The zero-order chi connectivity index (χ0) is 15.0. The van der Waals surface area contributed by atoms with E-state index in [1.807, 2.05) is 11.0 Å². The summed E-state index contributed by atoms with van der Waals surface area (Å²) in [6.07, 6.45) is 4.60. The number of carbonyl (C=O) groups is 1. The van der Waals surface area contributed by atoms with E-state index in [1.54, 1.807) is 0 Å². The number of rotatable bonds is 1. The maximum Gasteiger partial charge on any atom is 0.253 e. The Kier molecular flexibility index (Phi) is 3.78. The maximum atomic E-state index is 12.8. The Balaban J connectivity index is 1.81. The van der Waals surface area contributed by atoms with E-state index in [-0.39, 0.29) is 17.4 Å². The van der Waals surface area contributed by atoms with E-state index < -0.39 is 0 Å². The molecule has 1 heterocycles. The SMILES string of the molecule is CC1(C)CC(O)CCN(C(=O)c2ccc3c(c2)CCC3)C1. The van der Waals surface area contributed by atoms with Crippen LogP contribution < -0.4 is 0 Å². The monoisotopic (exact) mass is 287 g/mol. The molecule has 1 fully saturated rings. The first kappa shape index (κ1) is 14.6. The number of aliphatic hydroxyl groups excluding tert-OH is 1. The first-order valence-corrected chi connectivity index (χ1v) is 8.04. The second-order valence-corrected chi connectivity index (χ2v) is 7.37. The summed E-state index contributed by atoms with van der Waals surface area (Å²) < 4.78 is 0. The molecule has 1 N–H and O–H groups in total. The first-order valence-electron chi connectivity index (χ1n) is 8.04. The van der Waals surface area contributed by atoms with Gasteiger partial charge in [0.2, 0.25) is 0 Å². The van der Waals surface area contributed by atoms with Gasteiger partial charge in [0.15, 0.2) is 0 Å². The average Bonchev–Trinajstić information content (AvgIpc) is 2.83. The minimum atomic E-state index is -0.294. The van der Waals surface area contributed by atoms with Crippen molar-refractivity contribution >= 4 is 5.91 Å². The Morgan fingerprint density at radius 1 is 1.29 bits per heavy atom. The first-order chi connectivity index (χ1) is 9.94. The van der Waals surface area contributed by atoms with Crippen LogP contribution in [0.3, 0.4) is 0 Å². The molecule has 1 atom stereocenters. The van der Waals surface area contributed by atoms with E-state index in [0.717, 1.165) is 31.4 Å². The number of nitrogens with zero attached hydrogens (tertiary/aromatic N) is 1. The van der Waals surface area contributed by atoms with Gasteiger partial charge in [0.05, 0.1) is 6.10 Å². The fourth-order valence-corrected chi connectivity index (χ4v) is 3.77. The van der Waals surface area contributed by atoms with Crippen LogP contribution in [0.25, 0.3) is 0 Å². The molecule has 1 unspecified atom stereocenters. The molecule has 0 radical (unpaired) electrons. The molecule has 0 saturated carbocycles. The Morgan fingerprint density at radius 3 is 2.86 bits per heavy atom. The summed E-state index contributed by atoms with van der Waals surface area (Å²) in [5, 5.41) is 9.98. The molecule has 1 aromatic rings. The van der Waals surface area contributed by atoms with Crippen molar-refractivity contribution in [1.29, 1.82) is 0 Å². The Hall–Kier alpha value is -1.35. The lowest BCUT2D eigenvalue weighted by atomic mass is 9.87. The molecule has 0 spiro atoms. The second kappa shape index (κ2) is 5.45. The summed E-state index contributed by atoms with van der Waals surface area (Å²) in [5.74, 6) is 0.117. The van der Waals surface area contributed by atoms with Crippen LogP contribution in [0.4, 0.5) is 0 Å². The Labute approximate surface area is 127 Å². The van der Waals surface area contributed by atoms with Crippen LogP contribution in [0.15, 0.2) is 18.2 Å². The van der Waals surface area contributed by atoms with Gasteiger partial charge in [-0.05, 0) is 60.8 Å². The van der Waals surface area contributed by atoms with Gasteiger partial charge in [-0.3, -0.25) is 4.79 Å². The third kappa shape index (κ3) is 3.13.